The molecule has 1 aromatic carbocycles. The first kappa shape index (κ1) is 13.9. The predicted molar refractivity (Wildman–Crippen MR) is 93.6 cm³/mol. The number of nitrogens with zero attached hydrogens (tertiary/aromatic N) is 2. The van der Waals surface area contributed by atoms with Crippen LogP contribution < -0.4 is 0 Å². The normalized spacial score (nSPS) is 11.7. The standard InChI is InChI=1S/C20H18N2O/c1-12(2)14-10-17-15-5-4-6-16(18-9-13(3)7-8-21-18)19(15)23-20(17)22-11-14/h4-12H,1-3H3. The molecule has 4 rings (SSSR count). The Balaban J connectivity index is 2.02. The SMILES string of the molecule is Cc1ccnc(-c2cccc3c2oc2ncc(C(C)C)cc23)c1. The van der Waals surface area contributed by atoms with Crippen molar-refractivity contribution in [1.82, 2.24) is 9.97 Å². The molecule has 0 atom stereocenters. The summed E-state index contributed by atoms with van der Waals surface area (Å²) in [5.74, 6) is 0.443. The topological polar surface area (TPSA) is 38.9 Å². The Kier molecular flexibility index (Phi) is 3.15. The highest BCUT2D eigenvalue weighted by atomic mass is 16.3. The molecule has 0 spiro atoms. The molecule has 3 heterocycles. The molecular formula is C20H18N2O. The molecule has 4 aromatic rings. The second-order valence-electron chi connectivity index (χ2n) is 6.28. The molecule has 0 aliphatic rings. The Hall–Kier alpha value is -2.68. The van der Waals surface area contributed by atoms with Gasteiger partial charge in [-0.15, -0.1) is 0 Å². The third kappa shape index (κ3) is 2.29. The Morgan fingerprint density at radius 3 is 2.65 bits per heavy atom. The van der Waals surface area contributed by atoms with Crippen LogP contribution in [0.3, 0.4) is 0 Å². The van der Waals surface area contributed by atoms with Crippen LogP contribution in [0.5, 0.6) is 0 Å². The molecule has 0 aliphatic heterocycles. The van der Waals surface area contributed by atoms with Crippen molar-refractivity contribution in [1.29, 1.82) is 0 Å². The number of fused-ring (bicyclic) bond motifs is 3. The van der Waals surface area contributed by atoms with Gasteiger partial charge in [0.2, 0.25) is 5.71 Å². The Morgan fingerprint density at radius 1 is 1.00 bits per heavy atom. The first-order valence-corrected chi connectivity index (χ1v) is 7.87. The third-order valence-electron chi connectivity index (χ3n) is 4.23. The highest BCUT2D eigenvalue weighted by Crippen LogP contribution is 2.35. The minimum atomic E-state index is 0.443. The van der Waals surface area contributed by atoms with Crippen LogP contribution in [0, 0.1) is 6.92 Å². The fourth-order valence-corrected chi connectivity index (χ4v) is 2.90. The summed E-state index contributed by atoms with van der Waals surface area (Å²) in [7, 11) is 0. The number of rotatable bonds is 2. The molecular weight excluding hydrogens is 284 g/mol. The van der Waals surface area contributed by atoms with Crippen molar-refractivity contribution < 1.29 is 4.42 Å². The minimum absolute atomic E-state index is 0.443. The second kappa shape index (κ2) is 5.20. The molecule has 0 saturated carbocycles. The molecule has 0 fully saturated rings. The van der Waals surface area contributed by atoms with E-state index in [0.717, 1.165) is 27.6 Å². The lowest BCUT2D eigenvalue weighted by atomic mass is 10.0. The lowest BCUT2D eigenvalue weighted by Crippen LogP contribution is -1.87. The van der Waals surface area contributed by atoms with E-state index in [-0.39, 0.29) is 0 Å². The van der Waals surface area contributed by atoms with Crippen LogP contribution in [-0.4, -0.2) is 9.97 Å². The van der Waals surface area contributed by atoms with Gasteiger partial charge >= 0.3 is 0 Å². The van der Waals surface area contributed by atoms with Gasteiger partial charge in [-0.2, -0.15) is 0 Å². The highest BCUT2D eigenvalue weighted by molar-refractivity contribution is 6.08. The molecule has 0 unspecified atom stereocenters. The minimum Gasteiger partial charge on any atom is -0.437 e. The van der Waals surface area contributed by atoms with E-state index in [1.165, 1.54) is 11.1 Å². The van der Waals surface area contributed by atoms with Gasteiger partial charge in [0.1, 0.15) is 5.58 Å². The van der Waals surface area contributed by atoms with Gasteiger partial charge in [0, 0.05) is 28.7 Å². The van der Waals surface area contributed by atoms with E-state index in [1.54, 1.807) is 0 Å². The number of pyridine rings is 2. The molecule has 0 N–H and O–H groups in total. The van der Waals surface area contributed by atoms with Gasteiger partial charge in [0.25, 0.3) is 0 Å². The van der Waals surface area contributed by atoms with Gasteiger partial charge in [-0.25, -0.2) is 4.98 Å². The molecule has 23 heavy (non-hydrogen) atoms. The van der Waals surface area contributed by atoms with E-state index in [4.69, 9.17) is 4.42 Å². The first-order valence-electron chi connectivity index (χ1n) is 7.87. The van der Waals surface area contributed by atoms with Gasteiger partial charge in [-0.3, -0.25) is 4.98 Å². The van der Waals surface area contributed by atoms with Crippen molar-refractivity contribution >= 4 is 22.1 Å². The Labute approximate surface area is 135 Å². The molecule has 114 valence electrons. The number of para-hydroxylation sites is 1. The first-order chi connectivity index (χ1) is 11.1. The quantitative estimate of drug-likeness (QED) is 0.492. The fraction of sp³-hybridized carbons (Fsp3) is 0.200. The van der Waals surface area contributed by atoms with Crippen LogP contribution in [-0.2, 0) is 0 Å². The van der Waals surface area contributed by atoms with Gasteiger partial charge < -0.3 is 4.42 Å². The zero-order valence-corrected chi connectivity index (χ0v) is 13.5. The molecule has 3 heteroatoms. The van der Waals surface area contributed by atoms with Gasteiger partial charge in [0.05, 0.1) is 5.69 Å². The second-order valence-corrected chi connectivity index (χ2v) is 6.28. The third-order valence-corrected chi connectivity index (χ3v) is 4.23. The van der Waals surface area contributed by atoms with Crippen molar-refractivity contribution in [3.8, 4) is 11.3 Å². The van der Waals surface area contributed by atoms with E-state index in [2.05, 4.69) is 61.1 Å². The maximum absolute atomic E-state index is 6.06. The van der Waals surface area contributed by atoms with Crippen molar-refractivity contribution in [2.75, 3.05) is 0 Å². The van der Waals surface area contributed by atoms with Gasteiger partial charge in [0.15, 0.2) is 0 Å². The molecule has 3 nitrogen and oxygen atoms in total. The van der Waals surface area contributed by atoms with Gasteiger partial charge in [-0.1, -0.05) is 26.0 Å². The van der Waals surface area contributed by atoms with Crippen LogP contribution in [0.4, 0.5) is 0 Å². The van der Waals surface area contributed by atoms with Crippen molar-refractivity contribution in [3.63, 3.8) is 0 Å². The van der Waals surface area contributed by atoms with Crippen LogP contribution >= 0.6 is 0 Å². The van der Waals surface area contributed by atoms with E-state index >= 15 is 0 Å². The fourth-order valence-electron chi connectivity index (χ4n) is 2.90. The number of aromatic nitrogens is 2. The molecule has 0 amide bonds. The summed E-state index contributed by atoms with van der Waals surface area (Å²) in [5.41, 5.74) is 5.88. The number of furan rings is 1. The molecule has 3 aromatic heterocycles. The number of benzene rings is 1. The average Bonchev–Trinajstić information content (AvgIpc) is 2.92. The highest BCUT2D eigenvalue weighted by Gasteiger charge is 2.14. The van der Waals surface area contributed by atoms with Crippen molar-refractivity contribution in [3.05, 3.63) is 59.9 Å². The summed E-state index contributed by atoms with van der Waals surface area (Å²) in [6.07, 6.45) is 3.74. The van der Waals surface area contributed by atoms with Crippen molar-refractivity contribution in [2.24, 2.45) is 0 Å². The van der Waals surface area contributed by atoms with E-state index in [0.29, 0.717) is 11.6 Å². The maximum Gasteiger partial charge on any atom is 0.227 e. The van der Waals surface area contributed by atoms with E-state index in [1.807, 2.05) is 18.5 Å². The smallest absolute Gasteiger partial charge is 0.227 e. The summed E-state index contributed by atoms with van der Waals surface area (Å²) >= 11 is 0. The summed E-state index contributed by atoms with van der Waals surface area (Å²) in [4.78, 5) is 9.00. The Morgan fingerprint density at radius 2 is 1.87 bits per heavy atom. The summed E-state index contributed by atoms with van der Waals surface area (Å²) < 4.78 is 6.06. The number of hydrogen-bond acceptors (Lipinski definition) is 3. The number of hydrogen-bond donors (Lipinski definition) is 0. The van der Waals surface area contributed by atoms with E-state index in [9.17, 15) is 0 Å². The van der Waals surface area contributed by atoms with Crippen LogP contribution in [0.25, 0.3) is 33.3 Å². The van der Waals surface area contributed by atoms with Crippen LogP contribution in [0.15, 0.2) is 53.2 Å². The lowest BCUT2D eigenvalue weighted by Gasteiger charge is -2.03. The van der Waals surface area contributed by atoms with Crippen LogP contribution in [0.2, 0.25) is 0 Å². The van der Waals surface area contributed by atoms with Crippen LogP contribution in [0.1, 0.15) is 30.9 Å². The summed E-state index contributed by atoms with van der Waals surface area (Å²) in [6.45, 7) is 6.42. The van der Waals surface area contributed by atoms with Crippen molar-refractivity contribution in [2.45, 2.75) is 26.7 Å². The largest absolute Gasteiger partial charge is 0.437 e. The lowest BCUT2D eigenvalue weighted by molar-refractivity contribution is 0.654. The monoisotopic (exact) mass is 302 g/mol. The maximum atomic E-state index is 6.06. The number of aryl methyl sites for hydroxylation is 1. The van der Waals surface area contributed by atoms with Gasteiger partial charge in [-0.05, 0) is 48.2 Å². The Bertz CT molecular complexity index is 1010. The zero-order chi connectivity index (χ0) is 16.0. The average molecular weight is 302 g/mol. The molecule has 0 aliphatic carbocycles. The molecule has 0 bridgehead atoms. The molecule has 0 radical (unpaired) electrons. The predicted octanol–water partition coefficient (Wildman–Crippen LogP) is 5.47. The van der Waals surface area contributed by atoms with E-state index < -0.39 is 0 Å². The summed E-state index contributed by atoms with van der Waals surface area (Å²) in [6, 6.07) is 12.5. The zero-order valence-electron chi connectivity index (χ0n) is 13.5. The summed E-state index contributed by atoms with van der Waals surface area (Å²) in [5, 5.41) is 2.16. The molecule has 0 saturated heterocycles.